The predicted molar refractivity (Wildman–Crippen MR) is 124 cm³/mol. The number of carbonyl (C=O) groups excluding carboxylic acids is 2. The Hall–Kier alpha value is -1.79. The molecule has 0 aromatic heterocycles. The van der Waals surface area contributed by atoms with Gasteiger partial charge in [-0.25, -0.2) is 0 Å². The van der Waals surface area contributed by atoms with Crippen molar-refractivity contribution in [1.29, 1.82) is 0 Å². The highest BCUT2D eigenvalue weighted by molar-refractivity contribution is 7.97. The fourth-order valence-electron chi connectivity index (χ4n) is 3.42. The van der Waals surface area contributed by atoms with E-state index in [1.807, 2.05) is 67.7 Å². The highest BCUT2D eigenvalue weighted by Crippen LogP contribution is 2.29. The first-order valence-electron chi connectivity index (χ1n) is 10.8. The molecule has 1 aliphatic heterocycles. The number of allylic oxidation sites excluding steroid dienone is 1. The van der Waals surface area contributed by atoms with Gasteiger partial charge in [-0.3, -0.25) is 15.0 Å². The summed E-state index contributed by atoms with van der Waals surface area (Å²) in [5, 5.41) is 0. The molecule has 2 rings (SSSR count). The normalized spacial score (nSPS) is 17.3. The number of carbonyl (C=O) groups is 2. The lowest BCUT2D eigenvalue weighted by Crippen LogP contribution is -2.45. The van der Waals surface area contributed by atoms with Gasteiger partial charge >= 0.3 is 5.97 Å². The topological polar surface area (TPSA) is 58.6 Å². The van der Waals surface area contributed by atoms with Gasteiger partial charge in [0, 0.05) is 12.3 Å². The van der Waals surface area contributed by atoms with Gasteiger partial charge in [0.05, 0.1) is 11.8 Å². The minimum atomic E-state index is -0.595. The Kier molecular flexibility index (Phi) is 9.43. The van der Waals surface area contributed by atoms with Crippen molar-refractivity contribution in [1.82, 2.24) is 9.84 Å². The van der Waals surface area contributed by atoms with Crippen LogP contribution < -0.4 is 5.43 Å². The molecule has 1 heterocycles. The van der Waals surface area contributed by atoms with Crippen LogP contribution in [0.5, 0.6) is 0 Å². The Morgan fingerprint density at radius 1 is 1.20 bits per heavy atom. The van der Waals surface area contributed by atoms with E-state index in [0.717, 1.165) is 24.3 Å². The first-order valence-corrected chi connectivity index (χ1v) is 11.8. The van der Waals surface area contributed by atoms with E-state index in [9.17, 15) is 9.59 Å². The van der Waals surface area contributed by atoms with Gasteiger partial charge < -0.3 is 4.74 Å². The van der Waals surface area contributed by atoms with E-state index in [-0.39, 0.29) is 17.8 Å². The van der Waals surface area contributed by atoms with Gasteiger partial charge in [-0.05, 0) is 51.5 Å². The van der Waals surface area contributed by atoms with E-state index in [1.54, 1.807) is 11.9 Å². The molecule has 1 fully saturated rings. The Balaban J connectivity index is 2.21. The maximum atomic E-state index is 13.2. The molecule has 1 aliphatic rings. The van der Waals surface area contributed by atoms with Crippen LogP contribution in [0.4, 0.5) is 0 Å². The molecule has 30 heavy (non-hydrogen) atoms. The van der Waals surface area contributed by atoms with Crippen molar-refractivity contribution in [2.24, 2.45) is 17.8 Å². The molecule has 0 spiro atoms. The average Bonchev–Trinajstić information content (AvgIpc) is 3.16. The molecule has 2 atom stereocenters. The lowest BCUT2D eigenvalue weighted by atomic mass is 9.82. The second-order valence-corrected chi connectivity index (χ2v) is 10.3. The predicted octanol–water partition coefficient (Wildman–Crippen LogP) is 5.10. The summed E-state index contributed by atoms with van der Waals surface area (Å²) in [5.41, 5.74) is 3.49. The molecule has 1 N–H and O–H groups in total. The van der Waals surface area contributed by atoms with Crippen molar-refractivity contribution in [3.8, 4) is 0 Å². The summed E-state index contributed by atoms with van der Waals surface area (Å²) in [6, 6.07) is 9.96. The second kappa shape index (κ2) is 11.6. The molecule has 1 saturated heterocycles. The van der Waals surface area contributed by atoms with Crippen LogP contribution in [0.1, 0.15) is 59.4 Å². The van der Waals surface area contributed by atoms with E-state index in [2.05, 4.69) is 19.3 Å². The highest BCUT2D eigenvalue weighted by atomic mass is 32.2. The number of amides is 1. The average molecular weight is 433 g/mol. The van der Waals surface area contributed by atoms with Crippen LogP contribution in [0.25, 0.3) is 6.08 Å². The van der Waals surface area contributed by atoms with Gasteiger partial charge in [0.15, 0.2) is 0 Å². The van der Waals surface area contributed by atoms with Crippen molar-refractivity contribution in [2.75, 3.05) is 12.3 Å². The number of hydrazine groups is 1. The SMILES string of the molecule is CC(C)C[C@H](C(=O)NN1CCCS1)[C@H](CC=Cc1ccccc1)C(=O)OC(C)(C)C. The molecule has 1 aromatic carbocycles. The Morgan fingerprint density at radius 3 is 2.47 bits per heavy atom. The molecular formula is C24H36N2O3S. The van der Waals surface area contributed by atoms with Crippen molar-refractivity contribution in [2.45, 2.75) is 59.5 Å². The minimum absolute atomic E-state index is 0.0953. The van der Waals surface area contributed by atoms with Crippen molar-refractivity contribution < 1.29 is 14.3 Å². The maximum Gasteiger partial charge on any atom is 0.310 e. The zero-order valence-corrected chi connectivity index (χ0v) is 19.7. The third-order valence-corrected chi connectivity index (χ3v) is 5.80. The fraction of sp³-hybridized carbons (Fsp3) is 0.583. The summed E-state index contributed by atoms with van der Waals surface area (Å²) in [5.74, 6) is -0.0856. The van der Waals surface area contributed by atoms with E-state index < -0.39 is 17.4 Å². The van der Waals surface area contributed by atoms with E-state index in [4.69, 9.17) is 4.74 Å². The third kappa shape index (κ3) is 8.52. The largest absolute Gasteiger partial charge is 0.460 e. The molecule has 6 heteroatoms. The molecule has 1 aromatic rings. The van der Waals surface area contributed by atoms with Gasteiger partial charge in [-0.1, -0.05) is 68.3 Å². The summed E-state index contributed by atoms with van der Waals surface area (Å²) in [6.07, 6.45) is 6.12. The van der Waals surface area contributed by atoms with Crippen molar-refractivity contribution in [3.63, 3.8) is 0 Å². The molecule has 5 nitrogen and oxygen atoms in total. The maximum absolute atomic E-state index is 13.2. The van der Waals surface area contributed by atoms with Gasteiger partial charge in [0.1, 0.15) is 5.60 Å². The van der Waals surface area contributed by atoms with E-state index in [0.29, 0.717) is 12.8 Å². The summed E-state index contributed by atoms with van der Waals surface area (Å²) < 4.78 is 7.60. The van der Waals surface area contributed by atoms with Crippen molar-refractivity contribution >= 4 is 29.9 Å². The fourth-order valence-corrected chi connectivity index (χ4v) is 4.31. The zero-order valence-electron chi connectivity index (χ0n) is 18.9. The van der Waals surface area contributed by atoms with Crippen LogP contribution in [0, 0.1) is 17.8 Å². The highest BCUT2D eigenvalue weighted by Gasteiger charge is 2.37. The van der Waals surface area contributed by atoms with Gasteiger partial charge in [-0.15, -0.1) is 0 Å². The number of ether oxygens (including phenoxy) is 1. The lowest BCUT2D eigenvalue weighted by molar-refractivity contribution is -0.164. The molecule has 0 radical (unpaired) electrons. The standard InChI is InChI=1S/C24H36N2O3S/c1-18(2)17-21(22(27)25-26-15-10-16-30-26)20(23(28)29-24(3,4)5)14-9-13-19-11-7-6-8-12-19/h6-9,11-13,18,20-21H,10,14-17H2,1-5H3,(H,25,27)/t20-,21-/m0/s1. The summed E-state index contributed by atoms with van der Waals surface area (Å²) in [7, 11) is 0. The molecule has 0 aliphatic carbocycles. The molecule has 0 saturated carbocycles. The van der Waals surface area contributed by atoms with E-state index >= 15 is 0 Å². The van der Waals surface area contributed by atoms with Crippen LogP contribution in [-0.2, 0) is 14.3 Å². The van der Waals surface area contributed by atoms with Crippen LogP contribution in [0.15, 0.2) is 36.4 Å². The van der Waals surface area contributed by atoms with Crippen LogP contribution >= 0.6 is 11.9 Å². The number of benzene rings is 1. The number of nitrogens with one attached hydrogen (secondary N) is 1. The number of hydrogen-bond acceptors (Lipinski definition) is 5. The summed E-state index contributed by atoms with van der Waals surface area (Å²) >= 11 is 1.62. The number of esters is 1. The van der Waals surface area contributed by atoms with Crippen LogP contribution in [0.3, 0.4) is 0 Å². The van der Waals surface area contributed by atoms with Crippen molar-refractivity contribution in [3.05, 3.63) is 42.0 Å². The Labute approximate surface area is 185 Å². The first-order chi connectivity index (χ1) is 14.2. The summed E-state index contributed by atoms with van der Waals surface area (Å²) in [6.45, 7) is 10.6. The smallest absolute Gasteiger partial charge is 0.310 e. The Morgan fingerprint density at radius 2 is 1.90 bits per heavy atom. The third-order valence-electron chi connectivity index (χ3n) is 4.74. The molecule has 166 valence electrons. The number of nitrogens with zero attached hydrogens (tertiary/aromatic N) is 1. The molecule has 1 amide bonds. The quantitative estimate of drug-likeness (QED) is 0.435. The number of hydrogen-bond donors (Lipinski definition) is 1. The monoisotopic (exact) mass is 432 g/mol. The molecule has 0 bridgehead atoms. The Bertz CT molecular complexity index is 707. The van der Waals surface area contributed by atoms with Crippen LogP contribution in [0.2, 0.25) is 0 Å². The van der Waals surface area contributed by atoms with Crippen LogP contribution in [-0.4, -0.2) is 34.2 Å². The minimum Gasteiger partial charge on any atom is -0.460 e. The second-order valence-electron chi connectivity index (χ2n) is 9.19. The number of rotatable bonds is 9. The first kappa shape index (κ1) is 24.5. The zero-order chi connectivity index (χ0) is 22.1. The molecule has 0 unspecified atom stereocenters. The van der Waals surface area contributed by atoms with Gasteiger partial charge in [0.2, 0.25) is 5.91 Å². The van der Waals surface area contributed by atoms with Gasteiger partial charge in [-0.2, -0.15) is 4.41 Å². The van der Waals surface area contributed by atoms with E-state index in [1.165, 1.54) is 0 Å². The summed E-state index contributed by atoms with van der Waals surface area (Å²) in [4.78, 5) is 26.3. The lowest BCUT2D eigenvalue weighted by Gasteiger charge is -2.30. The molecular weight excluding hydrogens is 396 g/mol. The van der Waals surface area contributed by atoms with Gasteiger partial charge in [0.25, 0.3) is 0 Å².